The van der Waals surface area contributed by atoms with Crippen LogP contribution in [0.1, 0.15) is 27.8 Å². The third kappa shape index (κ3) is 4.86. The van der Waals surface area contributed by atoms with Gasteiger partial charge in [0.15, 0.2) is 0 Å². The lowest BCUT2D eigenvalue weighted by Crippen LogP contribution is -2.54. The minimum absolute atomic E-state index is 0.158. The number of hydrogen-bond acceptors (Lipinski definition) is 5. The highest BCUT2D eigenvalue weighted by molar-refractivity contribution is 9.10. The standard InChI is InChI=1S/C27H20BrN3O4/c1-16-6-5-9-23(17(16)2)31-26(33)21(25(32)30-27(31)34)12-18-10-11-24(22(28)13-18)35-15-20-8-4-3-7-19(20)14-29/h3-13H,15H2,1-2H3,(H,30,32,34)/b21-12-. The molecule has 7 nitrogen and oxygen atoms in total. The highest BCUT2D eigenvalue weighted by Crippen LogP contribution is 2.30. The van der Waals surface area contributed by atoms with Crippen LogP contribution in [0.25, 0.3) is 6.08 Å². The SMILES string of the molecule is Cc1cccc(N2C(=O)NC(=O)/C(=C/c3ccc(OCc4ccccc4C#N)c(Br)c3)C2=O)c1C. The average Bonchev–Trinajstić information content (AvgIpc) is 2.84. The molecule has 4 rings (SSSR count). The molecule has 3 aromatic carbocycles. The van der Waals surface area contributed by atoms with Gasteiger partial charge in [-0.1, -0.05) is 36.4 Å². The monoisotopic (exact) mass is 529 g/mol. The van der Waals surface area contributed by atoms with Gasteiger partial charge in [-0.3, -0.25) is 14.9 Å². The van der Waals surface area contributed by atoms with E-state index < -0.39 is 17.8 Å². The molecule has 1 aliphatic heterocycles. The van der Waals surface area contributed by atoms with Crippen molar-refractivity contribution >= 4 is 45.5 Å². The Balaban J connectivity index is 1.59. The second-order valence-electron chi connectivity index (χ2n) is 7.92. The quantitative estimate of drug-likeness (QED) is 0.362. The number of carbonyl (C=O) groups is 3. The zero-order valence-electron chi connectivity index (χ0n) is 19.0. The molecule has 4 amide bonds. The predicted molar refractivity (Wildman–Crippen MR) is 135 cm³/mol. The Morgan fingerprint density at radius 1 is 1.06 bits per heavy atom. The Morgan fingerprint density at radius 2 is 1.83 bits per heavy atom. The molecule has 1 heterocycles. The number of nitriles is 1. The summed E-state index contributed by atoms with van der Waals surface area (Å²) in [4.78, 5) is 39.2. The summed E-state index contributed by atoms with van der Waals surface area (Å²) in [5.74, 6) is -0.922. The molecule has 174 valence electrons. The highest BCUT2D eigenvalue weighted by atomic mass is 79.9. The fourth-order valence-corrected chi connectivity index (χ4v) is 4.17. The minimum atomic E-state index is -0.784. The molecule has 0 radical (unpaired) electrons. The summed E-state index contributed by atoms with van der Waals surface area (Å²) in [6.07, 6.45) is 1.43. The van der Waals surface area contributed by atoms with Crippen molar-refractivity contribution in [3.05, 3.63) is 98.5 Å². The molecule has 8 heteroatoms. The van der Waals surface area contributed by atoms with Crippen molar-refractivity contribution in [2.45, 2.75) is 20.5 Å². The molecule has 1 N–H and O–H groups in total. The molecule has 1 fully saturated rings. The lowest BCUT2D eigenvalue weighted by molar-refractivity contribution is -0.122. The normalized spacial score (nSPS) is 14.6. The first kappa shape index (κ1) is 23.9. The molecular weight excluding hydrogens is 510 g/mol. The number of anilines is 1. The number of imide groups is 2. The lowest BCUT2D eigenvalue weighted by Gasteiger charge is -2.28. The molecule has 35 heavy (non-hydrogen) atoms. The summed E-state index contributed by atoms with van der Waals surface area (Å²) in [5.41, 5.74) is 3.82. The first-order valence-corrected chi connectivity index (χ1v) is 11.5. The lowest BCUT2D eigenvalue weighted by atomic mass is 10.0. The molecule has 0 bridgehead atoms. The van der Waals surface area contributed by atoms with Crippen molar-refractivity contribution in [2.24, 2.45) is 0 Å². The van der Waals surface area contributed by atoms with E-state index in [2.05, 4.69) is 27.3 Å². The fourth-order valence-electron chi connectivity index (χ4n) is 3.66. The molecule has 0 aromatic heterocycles. The molecular formula is C27H20BrN3O4. The van der Waals surface area contributed by atoms with Crippen LogP contribution in [0, 0.1) is 25.2 Å². The van der Waals surface area contributed by atoms with Gasteiger partial charge in [-0.25, -0.2) is 9.69 Å². The molecule has 0 spiro atoms. The van der Waals surface area contributed by atoms with Crippen LogP contribution in [0.3, 0.4) is 0 Å². The van der Waals surface area contributed by atoms with Crippen molar-refractivity contribution in [1.29, 1.82) is 5.26 Å². The van der Waals surface area contributed by atoms with E-state index in [0.29, 0.717) is 27.0 Å². The molecule has 0 unspecified atom stereocenters. The van der Waals surface area contributed by atoms with Gasteiger partial charge in [0.2, 0.25) is 0 Å². The van der Waals surface area contributed by atoms with E-state index in [4.69, 9.17) is 4.74 Å². The number of nitrogens with one attached hydrogen (secondary N) is 1. The summed E-state index contributed by atoms with van der Waals surface area (Å²) in [6.45, 7) is 3.90. The van der Waals surface area contributed by atoms with Crippen LogP contribution in [0.4, 0.5) is 10.5 Å². The van der Waals surface area contributed by atoms with Crippen molar-refractivity contribution in [2.75, 3.05) is 4.90 Å². The number of amides is 4. The Hall–Kier alpha value is -4.22. The van der Waals surface area contributed by atoms with E-state index in [1.165, 1.54) is 6.08 Å². The fraction of sp³-hybridized carbons (Fsp3) is 0.111. The molecule has 0 aliphatic carbocycles. The third-order valence-electron chi connectivity index (χ3n) is 5.71. The van der Waals surface area contributed by atoms with Gasteiger partial charge < -0.3 is 4.74 Å². The van der Waals surface area contributed by atoms with E-state index in [-0.39, 0.29) is 12.2 Å². The highest BCUT2D eigenvalue weighted by Gasteiger charge is 2.37. The molecule has 0 atom stereocenters. The largest absolute Gasteiger partial charge is 0.488 e. The second-order valence-corrected chi connectivity index (χ2v) is 8.78. The maximum atomic E-state index is 13.2. The van der Waals surface area contributed by atoms with Gasteiger partial charge in [0.1, 0.15) is 17.9 Å². The Kier molecular flexibility index (Phi) is 6.80. The number of carbonyl (C=O) groups excluding carboxylic acids is 3. The zero-order valence-corrected chi connectivity index (χ0v) is 20.5. The summed E-state index contributed by atoms with van der Waals surface area (Å²) in [5, 5.41) is 11.5. The van der Waals surface area contributed by atoms with Crippen LogP contribution in [0.15, 0.2) is 70.7 Å². The predicted octanol–water partition coefficient (Wildman–Crippen LogP) is 5.18. The number of barbiturate groups is 1. The van der Waals surface area contributed by atoms with Crippen molar-refractivity contribution in [1.82, 2.24) is 5.32 Å². The Labute approximate surface area is 210 Å². The topological polar surface area (TPSA) is 99.5 Å². The van der Waals surface area contributed by atoms with Gasteiger partial charge in [-0.15, -0.1) is 0 Å². The first-order chi connectivity index (χ1) is 16.8. The number of nitrogens with zero attached hydrogens (tertiary/aromatic N) is 2. The number of benzene rings is 3. The smallest absolute Gasteiger partial charge is 0.335 e. The average molecular weight is 530 g/mol. The summed E-state index contributed by atoms with van der Waals surface area (Å²) in [7, 11) is 0. The number of halogens is 1. The van der Waals surface area contributed by atoms with Crippen LogP contribution in [0.5, 0.6) is 5.75 Å². The van der Waals surface area contributed by atoms with Gasteiger partial charge in [-0.05, 0) is 76.8 Å². The zero-order chi connectivity index (χ0) is 25.1. The van der Waals surface area contributed by atoms with Crippen LogP contribution in [0.2, 0.25) is 0 Å². The van der Waals surface area contributed by atoms with Crippen molar-refractivity contribution in [3.8, 4) is 11.8 Å². The number of urea groups is 1. The first-order valence-electron chi connectivity index (χ1n) is 10.7. The van der Waals surface area contributed by atoms with E-state index >= 15 is 0 Å². The Bertz CT molecular complexity index is 1440. The van der Waals surface area contributed by atoms with Crippen molar-refractivity contribution < 1.29 is 19.1 Å². The number of aryl methyl sites for hydroxylation is 1. The molecule has 1 saturated heterocycles. The van der Waals surface area contributed by atoms with Gasteiger partial charge in [-0.2, -0.15) is 5.26 Å². The maximum Gasteiger partial charge on any atom is 0.335 e. The van der Waals surface area contributed by atoms with Gasteiger partial charge in [0.05, 0.1) is 21.8 Å². The summed E-state index contributed by atoms with van der Waals surface area (Å²) in [6, 6.07) is 18.9. The maximum absolute atomic E-state index is 13.2. The molecule has 0 saturated carbocycles. The van der Waals surface area contributed by atoms with Gasteiger partial charge in [0, 0.05) is 5.56 Å². The Morgan fingerprint density at radius 3 is 2.57 bits per heavy atom. The van der Waals surface area contributed by atoms with Crippen LogP contribution in [-0.4, -0.2) is 17.8 Å². The van der Waals surface area contributed by atoms with Crippen LogP contribution >= 0.6 is 15.9 Å². The van der Waals surface area contributed by atoms with E-state index in [9.17, 15) is 19.6 Å². The molecule has 3 aromatic rings. The van der Waals surface area contributed by atoms with E-state index in [0.717, 1.165) is 21.6 Å². The molecule has 1 aliphatic rings. The summed E-state index contributed by atoms with van der Waals surface area (Å²) < 4.78 is 6.45. The number of rotatable bonds is 5. The second kappa shape index (κ2) is 9.95. The minimum Gasteiger partial charge on any atom is -0.488 e. The van der Waals surface area contributed by atoms with Gasteiger partial charge >= 0.3 is 6.03 Å². The number of ether oxygens (including phenoxy) is 1. The van der Waals surface area contributed by atoms with Crippen LogP contribution in [-0.2, 0) is 16.2 Å². The van der Waals surface area contributed by atoms with Crippen molar-refractivity contribution in [3.63, 3.8) is 0 Å². The van der Waals surface area contributed by atoms with E-state index in [1.807, 2.05) is 32.0 Å². The number of hydrogen-bond donors (Lipinski definition) is 1. The summed E-state index contributed by atoms with van der Waals surface area (Å²) >= 11 is 3.46. The van der Waals surface area contributed by atoms with Crippen LogP contribution < -0.4 is 15.0 Å². The van der Waals surface area contributed by atoms with Gasteiger partial charge in [0.25, 0.3) is 11.8 Å². The third-order valence-corrected chi connectivity index (χ3v) is 6.33. The van der Waals surface area contributed by atoms with E-state index in [1.54, 1.807) is 42.5 Å².